The van der Waals surface area contributed by atoms with E-state index in [2.05, 4.69) is 24.5 Å². The highest BCUT2D eigenvalue weighted by molar-refractivity contribution is 7.87. The van der Waals surface area contributed by atoms with Gasteiger partial charge in [0.25, 0.3) is 10.2 Å². The average molecular weight is 727 g/mol. The van der Waals surface area contributed by atoms with Crippen molar-refractivity contribution >= 4 is 55.9 Å². The fourth-order valence-corrected chi connectivity index (χ4v) is 8.94. The number of aliphatic imine (C=N–C) groups is 1. The Labute approximate surface area is 282 Å². The van der Waals surface area contributed by atoms with E-state index in [1.165, 1.54) is 40.9 Å². The Balaban J connectivity index is 1.34. The minimum absolute atomic E-state index is 0.0790. The van der Waals surface area contributed by atoms with E-state index in [1.54, 1.807) is 41.9 Å². The third-order valence-corrected chi connectivity index (χ3v) is 11.4. The summed E-state index contributed by atoms with van der Waals surface area (Å²) in [6, 6.07) is 3.07. The number of hydrogen-bond donors (Lipinski definition) is 3. The Bertz CT molecular complexity index is 1900. The first-order chi connectivity index (χ1) is 22.4. The molecular formula is C29H30ClF3N8O3S3. The van der Waals surface area contributed by atoms with Gasteiger partial charge in [0.2, 0.25) is 0 Å². The molecule has 1 saturated heterocycles. The molecule has 5 heterocycles. The van der Waals surface area contributed by atoms with E-state index in [0.29, 0.717) is 43.8 Å². The number of thiazole rings is 2. The third-order valence-electron chi connectivity index (χ3n) is 7.96. The molecule has 4 atom stereocenters. The van der Waals surface area contributed by atoms with Crippen LogP contribution in [0, 0.1) is 5.82 Å². The zero-order chi connectivity index (χ0) is 33.5. The summed E-state index contributed by atoms with van der Waals surface area (Å²) in [5.74, 6) is -0.130. The van der Waals surface area contributed by atoms with Gasteiger partial charge >= 0.3 is 6.55 Å². The van der Waals surface area contributed by atoms with E-state index < -0.39 is 46.3 Å². The molecule has 18 heteroatoms. The van der Waals surface area contributed by atoms with Crippen molar-refractivity contribution in [3.05, 3.63) is 91.4 Å². The number of hydrogen-bond acceptors (Lipinski definition) is 10. The van der Waals surface area contributed by atoms with Gasteiger partial charge in [-0.05, 0) is 38.0 Å². The first-order valence-electron chi connectivity index (χ1n) is 14.6. The summed E-state index contributed by atoms with van der Waals surface area (Å²) in [6.07, 6.45) is 4.92. The average Bonchev–Trinajstić information content (AvgIpc) is 3.83. The molecule has 4 aromatic rings. The van der Waals surface area contributed by atoms with Gasteiger partial charge in [0.05, 0.1) is 5.69 Å². The first-order valence-corrected chi connectivity index (χ1v) is 18.2. The van der Waals surface area contributed by atoms with Gasteiger partial charge in [-0.2, -0.15) is 31.7 Å². The van der Waals surface area contributed by atoms with Crippen LogP contribution >= 0.6 is 34.3 Å². The standard InChI is InChI=1S/C29H30ClF3N8O3S3/c1-3-29(42,27-35-8-11-46-27)14-16(2)38-47(43,44)39-18-13-22-23(21-6-9-41(37-21)28(32)33)24(19-5-4-17(31)12-20(19)30)36-25(40(22)15-18)26-34-7-10-45-26/h4-12,16,18,24,28,38-39,42H,3,13-15H2,1-2H3/t16?,18-,24-,29?/m0/s1. The number of alkyl halides is 2. The van der Waals surface area contributed by atoms with Gasteiger partial charge in [0, 0.05) is 76.3 Å². The molecule has 0 radical (unpaired) electrons. The third kappa shape index (κ3) is 7.02. The van der Waals surface area contributed by atoms with Gasteiger partial charge < -0.3 is 10.0 Å². The molecule has 2 aliphatic heterocycles. The molecule has 3 N–H and O–H groups in total. The van der Waals surface area contributed by atoms with Crippen LogP contribution in [-0.4, -0.2) is 62.6 Å². The Morgan fingerprint density at radius 3 is 2.60 bits per heavy atom. The number of aromatic nitrogens is 4. The zero-order valence-electron chi connectivity index (χ0n) is 25.0. The number of amidine groups is 1. The van der Waals surface area contributed by atoms with Crippen LogP contribution < -0.4 is 9.44 Å². The van der Waals surface area contributed by atoms with Gasteiger partial charge in [-0.1, -0.05) is 24.6 Å². The summed E-state index contributed by atoms with van der Waals surface area (Å²) in [5, 5.41) is 20.0. The number of nitrogens with one attached hydrogen (secondary N) is 2. The highest BCUT2D eigenvalue weighted by atomic mass is 35.5. The van der Waals surface area contributed by atoms with Crippen LogP contribution in [0.1, 0.15) is 67.0 Å². The number of benzene rings is 1. The van der Waals surface area contributed by atoms with Crippen molar-refractivity contribution in [3.8, 4) is 0 Å². The molecule has 3 aromatic heterocycles. The minimum Gasteiger partial charge on any atom is -0.383 e. The predicted octanol–water partition coefficient (Wildman–Crippen LogP) is 5.47. The second-order valence-corrected chi connectivity index (χ2v) is 14.9. The van der Waals surface area contributed by atoms with Crippen molar-refractivity contribution in [2.45, 2.75) is 63.4 Å². The molecule has 0 saturated carbocycles. The molecule has 2 aliphatic rings. The highest BCUT2D eigenvalue weighted by Crippen LogP contribution is 2.46. The molecule has 0 spiro atoms. The lowest BCUT2D eigenvalue weighted by atomic mass is 9.92. The molecule has 0 amide bonds. The molecule has 6 rings (SSSR count). The molecular weight excluding hydrogens is 697 g/mol. The highest BCUT2D eigenvalue weighted by Gasteiger charge is 2.42. The van der Waals surface area contributed by atoms with Crippen LogP contribution in [0.4, 0.5) is 13.2 Å². The van der Waals surface area contributed by atoms with Gasteiger partial charge in [0.15, 0.2) is 10.8 Å². The SMILES string of the molecule is CCC(O)(CC(C)NS(=O)(=O)N[C@H]1CC2=C(c3ccn(C(F)F)n3)[C@H](c3ccc(F)cc3Cl)N=C(c3nccs3)N2C1)c1nccs1. The maximum Gasteiger partial charge on any atom is 0.333 e. The van der Waals surface area contributed by atoms with E-state index in [-0.39, 0.29) is 30.1 Å². The van der Waals surface area contributed by atoms with Crippen LogP contribution in [-0.2, 0) is 15.8 Å². The number of fused-ring (bicyclic) bond motifs is 1. The van der Waals surface area contributed by atoms with E-state index in [9.17, 15) is 26.7 Å². The van der Waals surface area contributed by atoms with Crippen molar-refractivity contribution in [2.75, 3.05) is 6.54 Å². The number of nitrogens with zero attached hydrogens (tertiary/aromatic N) is 6. The van der Waals surface area contributed by atoms with E-state index in [0.717, 1.165) is 12.3 Å². The van der Waals surface area contributed by atoms with Crippen LogP contribution in [0.15, 0.2) is 64.3 Å². The zero-order valence-corrected chi connectivity index (χ0v) is 28.2. The van der Waals surface area contributed by atoms with E-state index >= 15 is 0 Å². The Hall–Kier alpha value is -3.19. The van der Waals surface area contributed by atoms with E-state index in [4.69, 9.17) is 16.6 Å². The number of aliphatic hydroxyl groups is 1. The van der Waals surface area contributed by atoms with Crippen molar-refractivity contribution in [3.63, 3.8) is 0 Å². The molecule has 0 aliphatic carbocycles. The van der Waals surface area contributed by atoms with Crippen molar-refractivity contribution in [1.82, 2.24) is 34.1 Å². The quantitative estimate of drug-likeness (QED) is 0.176. The first kappa shape index (κ1) is 33.7. The van der Waals surface area contributed by atoms with Crippen LogP contribution in [0.2, 0.25) is 5.02 Å². The predicted molar refractivity (Wildman–Crippen MR) is 174 cm³/mol. The lowest BCUT2D eigenvalue weighted by molar-refractivity contribution is 0.0167. The fourth-order valence-electron chi connectivity index (χ4n) is 5.94. The summed E-state index contributed by atoms with van der Waals surface area (Å²) in [5.41, 5.74) is 0.312. The van der Waals surface area contributed by atoms with Crippen molar-refractivity contribution in [2.24, 2.45) is 4.99 Å². The number of halogens is 4. The monoisotopic (exact) mass is 726 g/mol. The van der Waals surface area contributed by atoms with Gasteiger partial charge in [-0.15, -0.1) is 22.7 Å². The Morgan fingerprint density at radius 1 is 1.19 bits per heavy atom. The topological polar surface area (TPSA) is 138 Å². The largest absolute Gasteiger partial charge is 0.383 e. The van der Waals surface area contributed by atoms with Crippen LogP contribution in [0.5, 0.6) is 0 Å². The van der Waals surface area contributed by atoms with Crippen molar-refractivity contribution in [1.29, 1.82) is 0 Å². The van der Waals surface area contributed by atoms with Crippen LogP contribution in [0.25, 0.3) is 5.57 Å². The summed E-state index contributed by atoms with van der Waals surface area (Å²) >= 11 is 9.13. The van der Waals surface area contributed by atoms with Gasteiger partial charge in [0.1, 0.15) is 22.5 Å². The van der Waals surface area contributed by atoms with E-state index in [1.807, 2.05) is 0 Å². The Kier molecular flexibility index (Phi) is 9.59. The molecule has 250 valence electrons. The second kappa shape index (κ2) is 13.4. The minimum atomic E-state index is -4.11. The normalized spacial score (nSPS) is 20.4. The number of rotatable bonds is 12. The molecule has 47 heavy (non-hydrogen) atoms. The maximum atomic E-state index is 14.1. The van der Waals surface area contributed by atoms with Gasteiger partial charge in [-0.25, -0.2) is 19.0 Å². The fraction of sp³-hybridized carbons (Fsp3) is 0.379. The molecule has 1 fully saturated rings. The lowest BCUT2D eigenvalue weighted by Crippen LogP contribution is -2.48. The molecule has 11 nitrogen and oxygen atoms in total. The second-order valence-electron chi connectivity index (χ2n) is 11.3. The van der Waals surface area contributed by atoms with Gasteiger partial charge in [-0.3, -0.25) is 4.99 Å². The summed E-state index contributed by atoms with van der Waals surface area (Å²) in [7, 11) is -4.11. The molecule has 1 aromatic carbocycles. The smallest absolute Gasteiger partial charge is 0.333 e. The van der Waals surface area contributed by atoms with Crippen LogP contribution in [0.3, 0.4) is 0 Å². The Morgan fingerprint density at radius 2 is 1.96 bits per heavy atom. The summed E-state index contributed by atoms with van der Waals surface area (Å²) < 4.78 is 74.0. The molecule has 0 bridgehead atoms. The maximum absolute atomic E-state index is 14.1. The molecule has 2 unspecified atom stereocenters. The lowest BCUT2D eigenvalue weighted by Gasteiger charge is -2.32. The van der Waals surface area contributed by atoms with Crippen molar-refractivity contribution < 1.29 is 26.7 Å². The summed E-state index contributed by atoms with van der Waals surface area (Å²) in [6.45, 7) is 0.715. The summed E-state index contributed by atoms with van der Waals surface area (Å²) in [4.78, 5) is 15.4.